The van der Waals surface area contributed by atoms with E-state index in [0.717, 1.165) is 25.0 Å². The molecule has 40 heavy (non-hydrogen) atoms. The fourth-order valence-electron chi connectivity index (χ4n) is 4.92. The lowest BCUT2D eigenvalue weighted by Crippen LogP contribution is -2.43. The molecule has 4 rings (SSSR count). The number of pyridine rings is 1. The van der Waals surface area contributed by atoms with Crippen molar-refractivity contribution in [2.75, 3.05) is 24.5 Å². The van der Waals surface area contributed by atoms with Crippen LogP contribution in [0, 0.1) is 5.82 Å². The van der Waals surface area contributed by atoms with Gasteiger partial charge in [-0.1, -0.05) is 0 Å². The van der Waals surface area contributed by atoms with E-state index in [1.807, 2.05) is 0 Å². The van der Waals surface area contributed by atoms with Crippen molar-refractivity contribution in [3.8, 4) is 5.75 Å². The Morgan fingerprint density at radius 2 is 1.68 bits per heavy atom. The maximum atomic E-state index is 15.8. The quantitative estimate of drug-likeness (QED) is 0.467. The minimum atomic E-state index is -1.89. The van der Waals surface area contributed by atoms with Crippen LogP contribution in [-0.4, -0.2) is 58.4 Å². The SMILES string of the molecule is CC(C)(C)OC(=O)NCc1c(N2CCC(F)(CNC(=O)OC(C)(C)C)C2)c(F)cc2c(O)cc(=O)n(C3CC3)c12. The van der Waals surface area contributed by atoms with E-state index in [1.54, 1.807) is 41.5 Å². The Labute approximate surface area is 231 Å². The van der Waals surface area contributed by atoms with Crippen LogP contribution in [0.3, 0.4) is 0 Å². The molecule has 1 saturated carbocycles. The highest BCUT2D eigenvalue weighted by molar-refractivity contribution is 5.92. The summed E-state index contributed by atoms with van der Waals surface area (Å²) in [4.78, 5) is 39.1. The summed E-state index contributed by atoms with van der Waals surface area (Å²) in [5.74, 6) is -1.13. The zero-order valence-electron chi connectivity index (χ0n) is 23.8. The normalized spacial score (nSPS) is 19.6. The summed E-state index contributed by atoms with van der Waals surface area (Å²) in [5.41, 5.74) is -3.35. The van der Waals surface area contributed by atoms with Crippen LogP contribution in [0.2, 0.25) is 0 Å². The molecular weight excluding hydrogens is 526 g/mol. The van der Waals surface area contributed by atoms with Crippen LogP contribution in [0.4, 0.5) is 24.1 Å². The van der Waals surface area contributed by atoms with Gasteiger partial charge in [-0.15, -0.1) is 0 Å². The molecule has 10 nitrogen and oxygen atoms in total. The topological polar surface area (TPSA) is 122 Å². The third kappa shape index (κ3) is 6.76. The van der Waals surface area contributed by atoms with Crippen LogP contribution in [-0.2, 0) is 16.0 Å². The molecule has 1 aromatic carbocycles. The molecule has 1 aliphatic heterocycles. The van der Waals surface area contributed by atoms with Gasteiger partial charge in [0.25, 0.3) is 5.56 Å². The molecule has 0 radical (unpaired) electrons. The van der Waals surface area contributed by atoms with E-state index in [2.05, 4.69) is 10.6 Å². The third-order valence-corrected chi connectivity index (χ3v) is 6.63. The van der Waals surface area contributed by atoms with Crippen molar-refractivity contribution in [1.29, 1.82) is 0 Å². The van der Waals surface area contributed by atoms with Crippen molar-refractivity contribution in [2.45, 2.75) is 90.3 Å². The predicted octanol–water partition coefficient (Wildman–Crippen LogP) is 4.65. The molecule has 2 fully saturated rings. The van der Waals surface area contributed by atoms with Crippen LogP contribution in [0.25, 0.3) is 10.9 Å². The first-order chi connectivity index (χ1) is 18.5. The number of carbonyl (C=O) groups excluding carboxylic acids is 2. The van der Waals surface area contributed by atoms with Gasteiger partial charge in [-0.3, -0.25) is 4.79 Å². The first-order valence-electron chi connectivity index (χ1n) is 13.4. The van der Waals surface area contributed by atoms with E-state index in [-0.39, 0.29) is 66.5 Å². The highest BCUT2D eigenvalue weighted by atomic mass is 19.1. The molecule has 3 N–H and O–H groups in total. The third-order valence-electron chi connectivity index (χ3n) is 6.63. The molecule has 2 aromatic rings. The lowest BCUT2D eigenvalue weighted by atomic mass is 10.0. The van der Waals surface area contributed by atoms with Crippen molar-refractivity contribution in [3.63, 3.8) is 0 Å². The van der Waals surface area contributed by atoms with Crippen LogP contribution in [0.1, 0.15) is 72.4 Å². The Bertz CT molecular complexity index is 1380. The van der Waals surface area contributed by atoms with Crippen molar-refractivity contribution < 1.29 is 33.0 Å². The summed E-state index contributed by atoms with van der Waals surface area (Å²) in [5, 5.41) is 15.8. The van der Waals surface area contributed by atoms with Crippen LogP contribution in [0.5, 0.6) is 5.75 Å². The highest BCUT2D eigenvalue weighted by Gasteiger charge is 2.41. The maximum Gasteiger partial charge on any atom is 0.407 e. The summed E-state index contributed by atoms with van der Waals surface area (Å²) < 4.78 is 43.7. The molecule has 1 unspecified atom stereocenters. The van der Waals surface area contributed by atoms with Crippen LogP contribution >= 0.6 is 0 Å². The van der Waals surface area contributed by atoms with E-state index in [1.165, 1.54) is 9.47 Å². The van der Waals surface area contributed by atoms with E-state index in [0.29, 0.717) is 0 Å². The second-order valence-electron chi connectivity index (χ2n) is 12.6. The molecule has 2 amide bonds. The van der Waals surface area contributed by atoms with Crippen molar-refractivity contribution >= 4 is 28.8 Å². The number of hydrogen-bond acceptors (Lipinski definition) is 7. The number of amides is 2. The van der Waals surface area contributed by atoms with Gasteiger partial charge in [-0.2, -0.15) is 0 Å². The lowest BCUT2D eigenvalue weighted by Gasteiger charge is -2.28. The molecular formula is C28H38F2N4O6. The molecule has 1 aromatic heterocycles. The number of carbonyl (C=O) groups is 2. The van der Waals surface area contributed by atoms with Gasteiger partial charge < -0.3 is 34.7 Å². The minimum Gasteiger partial charge on any atom is -0.507 e. The number of rotatable bonds is 6. The van der Waals surface area contributed by atoms with Crippen molar-refractivity contribution in [3.05, 3.63) is 33.9 Å². The largest absolute Gasteiger partial charge is 0.507 e. The number of alkyl halides is 1. The number of fused-ring (bicyclic) bond motifs is 1. The van der Waals surface area contributed by atoms with Gasteiger partial charge in [-0.25, -0.2) is 18.4 Å². The molecule has 1 saturated heterocycles. The zero-order chi connectivity index (χ0) is 29.6. The standard InChI is InChI=1S/C28H38F2N4O6/c1-26(2,3)39-24(37)31-13-18-22-17(20(35)12-21(36)34(22)16-7-8-16)11-19(29)23(18)33-10-9-28(30,15-33)14-32-25(38)40-27(4,5)6/h11-12,16,35H,7-10,13-15H2,1-6H3,(H,31,37)(H,32,38). The van der Waals surface area contributed by atoms with E-state index >= 15 is 8.78 Å². The molecule has 1 aliphatic carbocycles. The summed E-state index contributed by atoms with van der Waals surface area (Å²) >= 11 is 0. The molecule has 2 aliphatic rings. The van der Waals surface area contributed by atoms with E-state index < -0.39 is 40.4 Å². The summed E-state index contributed by atoms with van der Waals surface area (Å²) in [6, 6.07) is 2.05. The minimum absolute atomic E-state index is 0.00528. The number of ether oxygens (including phenoxy) is 2. The van der Waals surface area contributed by atoms with Gasteiger partial charge in [0.1, 0.15) is 28.4 Å². The number of aromatic hydroxyl groups is 1. The highest BCUT2D eigenvalue weighted by Crippen LogP contribution is 2.43. The van der Waals surface area contributed by atoms with Gasteiger partial charge in [0.05, 0.1) is 30.8 Å². The average Bonchev–Trinajstić information content (AvgIpc) is 3.55. The number of benzene rings is 1. The second kappa shape index (κ2) is 10.4. The molecule has 2 heterocycles. The Hall–Kier alpha value is -3.57. The Kier molecular flexibility index (Phi) is 7.68. The molecule has 220 valence electrons. The van der Waals surface area contributed by atoms with Crippen LogP contribution in [0.15, 0.2) is 16.9 Å². The summed E-state index contributed by atoms with van der Waals surface area (Å²) in [6.45, 7) is 9.49. The number of anilines is 1. The monoisotopic (exact) mass is 564 g/mol. The molecule has 0 spiro atoms. The summed E-state index contributed by atoms with van der Waals surface area (Å²) in [6.07, 6.45) is -0.0440. The summed E-state index contributed by atoms with van der Waals surface area (Å²) in [7, 11) is 0. The van der Waals surface area contributed by atoms with Gasteiger partial charge in [0, 0.05) is 36.0 Å². The number of aromatic nitrogens is 1. The Morgan fingerprint density at radius 1 is 1.07 bits per heavy atom. The smallest absolute Gasteiger partial charge is 0.407 e. The van der Waals surface area contributed by atoms with Crippen LogP contribution < -0.4 is 21.1 Å². The first kappa shape index (κ1) is 29.4. The van der Waals surface area contributed by atoms with Gasteiger partial charge in [0.15, 0.2) is 0 Å². The number of halogens is 2. The van der Waals surface area contributed by atoms with Gasteiger partial charge >= 0.3 is 12.2 Å². The fraction of sp³-hybridized carbons (Fsp3) is 0.607. The molecule has 0 bridgehead atoms. The number of alkyl carbamates (subject to hydrolysis) is 2. The maximum absolute atomic E-state index is 15.8. The number of nitrogens with one attached hydrogen (secondary N) is 2. The Balaban J connectivity index is 1.72. The molecule has 1 atom stereocenters. The fourth-order valence-corrected chi connectivity index (χ4v) is 4.92. The lowest BCUT2D eigenvalue weighted by molar-refractivity contribution is 0.0484. The van der Waals surface area contributed by atoms with Gasteiger partial charge in [-0.05, 0) is 60.5 Å². The van der Waals surface area contributed by atoms with Crippen molar-refractivity contribution in [2.24, 2.45) is 0 Å². The van der Waals surface area contributed by atoms with E-state index in [4.69, 9.17) is 9.47 Å². The Morgan fingerprint density at radius 3 is 2.25 bits per heavy atom. The number of nitrogens with zero attached hydrogens (tertiary/aromatic N) is 2. The second-order valence-corrected chi connectivity index (χ2v) is 12.6. The average molecular weight is 565 g/mol. The zero-order valence-corrected chi connectivity index (χ0v) is 23.8. The number of hydrogen-bond donors (Lipinski definition) is 3. The molecule has 12 heteroatoms. The predicted molar refractivity (Wildman–Crippen MR) is 146 cm³/mol. The first-order valence-corrected chi connectivity index (χ1v) is 13.4. The van der Waals surface area contributed by atoms with Gasteiger partial charge in [0.2, 0.25) is 0 Å². The van der Waals surface area contributed by atoms with E-state index in [9.17, 15) is 19.5 Å². The van der Waals surface area contributed by atoms with Crippen molar-refractivity contribution in [1.82, 2.24) is 15.2 Å².